The van der Waals surface area contributed by atoms with Gasteiger partial charge >= 0.3 is 0 Å². The first-order valence-corrected chi connectivity index (χ1v) is 12.6. The molecule has 2 fully saturated rings. The highest BCUT2D eigenvalue weighted by Crippen LogP contribution is 2.34. The number of hydrogen-bond acceptors (Lipinski definition) is 5. The van der Waals surface area contributed by atoms with Crippen LogP contribution in [0.4, 0.5) is 0 Å². The number of piperidine rings is 2. The monoisotopic (exact) mass is 434 g/mol. The van der Waals surface area contributed by atoms with E-state index in [1.807, 2.05) is 30.0 Å². The molecule has 164 valence electrons. The Morgan fingerprint density at radius 3 is 2.57 bits per heavy atom. The van der Waals surface area contributed by atoms with Crippen LogP contribution in [0.15, 0.2) is 18.2 Å². The van der Waals surface area contributed by atoms with Gasteiger partial charge in [0.1, 0.15) is 11.9 Å². The van der Waals surface area contributed by atoms with Gasteiger partial charge in [0.15, 0.2) is 5.78 Å². The number of amides is 1. The van der Waals surface area contributed by atoms with Crippen molar-refractivity contribution < 1.29 is 22.7 Å². The average molecular weight is 435 g/mol. The van der Waals surface area contributed by atoms with E-state index in [2.05, 4.69) is 0 Å². The molecule has 1 aromatic carbocycles. The van der Waals surface area contributed by atoms with Crippen molar-refractivity contribution in [1.82, 2.24) is 9.21 Å². The summed E-state index contributed by atoms with van der Waals surface area (Å²) in [7, 11) is -3.20. The maximum Gasteiger partial charge on any atom is 0.225 e. The summed E-state index contributed by atoms with van der Waals surface area (Å²) in [6.45, 7) is 4.10. The van der Waals surface area contributed by atoms with Gasteiger partial charge in [0, 0.05) is 44.4 Å². The van der Waals surface area contributed by atoms with E-state index in [0.717, 1.165) is 24.9 Å². The fourth-order valence-electron chi connectivity index (χ4n) is 4.93. The van der Waals surface area contributed by atoms with Gasteiger partial charge < -0.3 is 9.64 Å². The minimum atomic E-state index is -3.20. The van der Waals surface area contributed by atoms with Gasteiger partial charge in [-0.25, -0.2) is 12.7 Å². The van der Waals surface area contributed by atoms with E-state index in [-0.39, 0.29) is 29.6 Å². The molecule has 0 saturated carbocycles. The molecular formula is C22H30N2O5S. The summed E-state index contributed by atoms with van der Waals surface area (Å²) in [6.07, 6.45) is 4.35. The van der Waals surface area contributed by atoms with Crippen LogP contribution < -0.4 is 4.74 Å². The van der Waals surface area contributed by atoms with Crippen molar-refractivity contribution in [3.8, 4) is 5.75 Å². The molecule has 2 saturated heterocycles. The lowest BCUT2D eigenvalue weighted by Crippen LogP contribution is -2.50. The number of hydrogen-bond donors (Lipinski definition) is 0. The van der Waals surface area contributed by atoms with Crippen LogP contribution in [0.2, 0.25) is 0 Å². The van der Waals surface area contributed by atoms with Gasteiger partial charge in [-0.05, 0) is 44.7 Å². The SMILES string of the molecule is Cc1ccc2c(c1)C(=O)C[C@H]([C@@H]1CCCN(C(=O)C3CCN(S(C)(=O)=O)CC3)C1)O2. The zero-order chi connectivity index (χ0) is 21.5. The number of carbonyl (C=O) groups is 2. The van der Waals surface area contributed by atoms with E-state index >= 15 is 0 Å². The van der Waals surface area contributed by atoms with E-state index in [1.165, 1.54) is 10.6 Å². The molecule has 3 aliphatic rings. The highest BCUT2D eigenvalue weighted by molar-refractivity contribution is 7.88. The Kier molecular flexibility index (Phi) is 5.90. The smallest absolute Gasteiger partial charge is 0.225 e. The maximum atomic E-state index is 13.1. The first-order chi connectivity index (χ1) is 14.2. The Balaban J connectivity index is 1.38. The number of sulfonamides is 1. The Morgan fingerprint density at radius 1 is 1.13 bits per heavy atom. The molecule has 8 heteroatoms. The quantitative estimate of drug-likeness (QED) is 0.729. The molecule has 30 heavy (non-hydrogen) atoms. The predicted molar refractivity (Wildman–Crippen MR) is 113 cm³/mol. The standard InChI is InChI=1S/C22H30N2O5S/c1-15-5-6-20-18(12-15)19(25)13-21(29-20)17-4-3-9-23(14-17)22(26)16-7-10-24(11-8-16)30(2,27)28/h5-6,12,16-17,21H,3-4,7-11,13-14H2,1-2H3/t17-,21-/m1/s1. The summed E-state index contributed by atoms with van der Waals surface area (Å²) in [5.41, 5.74) is 1.70. The van der Waals surface area contributed by atoms with Gasteiger partial charge in [0.2, 0.25) is 15.9 Å². The highest BCUT2D eigenvalue weighted by atomic mass is 32.2. The lowest BCUT2D eigenvalue weighted by molar-refractivity contribution is -0.139. The number of rotatable bonds is 3. The number of carbonyl (C=O) groups excluding carboxylic acids is 2. The van der Waals surface area contributed by atoms with E-state index in [9.17, 15) is 18.0 Å². The van der Waals surface area contributed by atoms with Gasteiger partial charge in [-0.3, -0.25) is 9.59 Å². The van der Waals surface area contributed by atoms with Crippen LogP contribution in [0.25, 0.3) is 0 Å². The summed E-state index contributed by atoms with van der Waals surface area (Å²) < 4.78 is 31.1. The zero-order valence-electron chi connectivity index (χ0n) is 17.7. The second-order valence-corrected chi connectivity index (χ2v) is 10.9. The van der Waals surface area contributed by atoms with Crippen LogP contribution in [-0.2, 0) is 14.8 Å². The summed E-state index contributed by atoms with van der Waals surface area (Å²) in [6, 6.07) is 5.71. The molecule has 7 nitrogen and oxygen atoms in total. The Bertz CT molecular complexity index is 937. The summed E-state index contributed by atoms with van der Waals surface area (Å²) in [4.78, 5) is 27.6. The van der Waals surface area contributed by atoms with Crippen LogP contribution in [-0.4, -0.2) is 67.9 Å². The van der Waals surface area contributed by atoms with Gasteiger partial charge in [-0.15, -0.1) is 0 Å². The van der Waals surface area contributed by atoms with Crippen LogP contribution in [0, 0.1) is 18.8 Å². The number of nitrogens with zero attached hydrogens (tertiary/aromatic N) is 2. The van der Waals surface area contributed by atoms with Crippen molar-refractivity contribution in [3.05, 3.63) is 29.3 Å². The molecule has 3 aliphatic heterocycles. The number of ether oxygens (including phenoxy) is 1. The third kappa shape index (κ3) is 4.39. The van der Waals surface area contributed by atoms with Gasteiger partial charge in [0.05, 0.1) is 11.8 Å². The van der Waals surface area contributed by atoms with Gasteiger partial charge in [0.25, 0.3) is 0 Å². The number of benzene rings is 1. The highest BCUT2D eigenvalue weighted by Gasteiger charge is 2.38. The summed E-state index contributed by atoms with van der Waals surface area (Å²) >= 11 is 0. The van der Waals surface area contributed by atoms with Crippen LogP contribution >= 0.6 is 0 Å². The average Bonchev–Trinajstić information content (AvgIpc) is 2.73. The molecule has 0 unspecified atom stereocenters. The fourth-order valence-corrected chi connectivity index (χ4v) is 5.81. The molecular weight excluding hydrogens is 404 g/mol. The van der Waals surface area contributed by atoms with Crippen molar-refractivity contribution >= 4 is 21.7 Å². The van der Waals surface area contributed by atoms with Crippen molar-refractivity contribution in [2.45, 2.75) is 45.1 Å². The Morgan fingerprint density at radius 2 is 1.87 bits per heavy atom. The lowest BCUT2D eigenvalue weighted by Gasteiger charge is -2.40. The fraction of sp³-hybridized carbons (Fsp3) is 0.636. The van der Waals surface area contributed by atoms with Crippen molar-refractivity contribution in [1.29, 1.82) is 0 Å². The lowest BCUT2D eigenvalue weighted by atomic mass is 9.85. The summed E-state index contributed by atoms with van der Waals surface area (Å²) in [5.74, 6) is 0.891. The van der Waals surface area contributed by atoms with E-state index < -0.39 is 10.0 Å². The van der Waals surface area contributed by atoms with E-state index in [0.29, 0.717) is 50.2 Å². The molecule has 0 bridgehead atoms. The molecule has 0 N–H and O–H groups in total. The number of fused-ring (bicyclic) bond motifs is 1. The topological polar surface area (TPSA) is 84.0 Å². The first-order valence-electron chi connectivity index (χ1n) is 10.8. The van der Waals surface area contributed by atoms with Crippen molar-refractivity contribution in [2.75, 3.05) is 32.4 Å². The molecule has 0 radical (unpaired) electrons. The number of ketones is 1. The third-order valence-corrected chi connectivity index (χ3v) is 7.97. The molecule has 3 heterocycles. The predicted octanol–water partition coefficient (Wildman–Crippen LogP) is 2.24. The molecule has 0 aliphatic carbocycles. The zero-order valence-corrected chi connectivity index (χ0v) is 18.5. The Labute approximate surface area is 178 Å². The Hall–Kier alpha value is -1.93. The van der Waals surface area contributed by atoms with Crippen molar-refractivity contribution in [3.63, 3.8) is 0 Å². The maximum absolute atomic E-state index is 13.1. The minimum absolute atomic E-state index is 0.113. The van der Waals surface area contributed by atoms with Crippen LogP contribution in [0.5, 0.6) is 5.75 Å². The number of Topliss-reactive ketones (excluding diaryl/α,β-unsaturated/α-hetero) is 1. The third-order valence-electron chi connectivity index (χ3n) is 6.67. The normalized spacial score (nSPS) is 26.2. The minimum Gasteiger partial charge on any atom is -0.489 e. The van der Waals surface area contributed by atoms with Crippen molar-refractivity contribution in [2.24, 2.45) is 11.8 Å². The molecule has 1 amide bonds. The van der Waals surface area contributed by atoms with Gasteiger partial charge in [-0.2, -0.15) is 0 Å². The van der Waals surface area contributed by atoms with Crippen LogP contribution in [0.1, 0.15) is 48.0 Å². The van der Waals surface area contributed by atoms with E-state index in [1.54, 1.807) is 0 Å². The van der Waals surface area contributed by atoms with E-state index in [4.69, 9.17) is 4.74 Å². The molecule has 2 atom stereocenters. The van der Waals surface area contributed by atoms with Crippen LogP contribution in [0.3, 0.4) is 0 Å². The molecule has 4 rings (SSSR count). The molecule has 0 spiro atoms. The first kappa shape index (κ1) is 21.3. The second-order valence-electron chi connectivity index (χ2n) is 8.91. The largest absolute Gasteiger partial charge is 0.489 e. The molecule has 0 aromatic heterocycles. The van der Waals surface area contributed by atoms with Gasteiger partial charge in [-0.1, -0.05) is 11.6 Å². The second kappa shape index (κ2) is 8.30. The summed E-state index contributed by atoms with van der Waals surface area (Å²) in [5, 5.41) is 0. The number of aryl methyl sites for hydroxylation is 1. The molecule has 1 aromatic rings. The number of likely N-dealkylation sites (tertiary alicyclic amines) is 1.